The molecule has 25 heavy (non-hydrogen) atoms. The summed E-state index contributed by atoms with van der Waals surface area (Å²) < 4.78 is 5.53. The number of hydrogen-bond donors (Lipinski definition) is 1. The molecule has 0 fully saturated rings. The average Bonchev–Trinajstić information content (AvgIpc) is 3.01. The summed E-state index contributed by atoms with van der Waals surface area (Å²) in [5.41, 5.74) is 0. The first kappa shape index (κ1) is 19.4. The van der Waals surface area contributed by atoms with Crippen molar-refractivity contribution in [2.24, 2.45) is 0 Å². The van der Waals surface area contributed by atoms with Crippen LogP contribution in [0.1, 0.15) is 29.4 Å². The van der Waals surface area contributed by atoms with Crippen molar-refractivity contribution in [1.82, 2.24) is 4.98 Å². The van der Waals surface area contributed by atoms with Gasteiger partial charge in [-0.1, -0.05) is 23.2 Å². The SMILES string of the molecule is C[C@@H](OC(=O)CCC(=O)c1ccc(Cl)s1)C(=O)Nc1ccc(Cl)cn1. The van der Waals surface area contributed by atoms with Crippen LogP contribution in [-0.2, 0) is 14.3 Å². The molecule has 0 saturated carbocycles. The van der Waals surface area contributed by atoms with E-state index in [2.05, 4.69) is 10.3 Å². The molecular weight excluding hydrogens is 387 g/mol. The Morgan fingerprint density at radius 2 is 1.96 bits per heavy atom. The van der Waals surface area contributed by atoms with E-state index in [1.165, 1.54) is 19.2 Å². The van der Waals surface area contributed by atoms with Gasteiger partial charge in [-0.05, 0) is 31.2 Å². The van der Waals surface area contributed by atoms with Gasteiger partial charge in [0.25, 0.3) is 5.91 Å². The van der Waals surface area contributed by atoms with Crippen LogP contribution in [0.3, 0.4) is 0 Å². The van der Waals surface area contributed by atoms with Crippen molar-refractivity contribution in [2.75, 3.05) is 5.32 Å². The Hall–Kier alpha value is -1.96. The maximum Gasteiger partial charge on any atom is 0.307 e. The number of pyridine rings is 1. The minimum Gasteiger partial charge on any atom is -0.453 e. The zero-order valence-electron chi connectivity index (χ0n) is 13.1. The Bertz CT molecular complexity index is 777. The van der Waals surface area contributed by atoms with Crippen molar-refractivity contribution in [3.8, 4) is 0 Å². The molecule has 0 bridgehead atoms. The summed E-state index contributed by atoms with van der Waals surface area (Å²) in [6, 6.07) is 6.33. The van der Waals surface area contributed by atoms with Crippen LogP contribution in [0, 0.1) is 0 Å². The van der Waals surface area contributed by atoms with Crippen LogP contribution in [0.15, 0.2) is 30.5 Å². The Labute approximate surface area is 158 Å². The van der Waals surface area contributed by atoms with Crippen molar-refractivity contribution >= 4 is 58.0 Å². The molecule has 0 radical (unpaired) electrons. The van der Waals surface area contributed by atoms with Gasteiger partial charge in [0.2, 0.25) is 0 Å². The molecule has 0 aliphatic heterocycles. The van der Waals surface area contributed by atoms with E-state index in [0.29, 0.717) is 20.1 Å². The van der Waals surface area contributed by atoms with E-state index in [1.807, 2.05) is 0 Å². The third kappa shape index (κ3) is 6.12. The number of amides is 1. The monoisotopic (exact) mass is 400 g/mol. The molecular formula is C16H14Cl2N2O4S. The standard InChI is InChI=1S/C16H14Cl2N2O4S/c1-9(16(23)20-14-6-2-10(17)8-19-14)24-15(22)7-3-11(21)12-4-5-13(18)25-12/h2,4-6,8-9H,3,7H2,1H3,(H,19,20,23)/t9-/m1/s1. The highest BCUT2D eigenvalue weighted by molar-refractivity contribution is 7.18. The van der Waals surface area contributed by atoms with Gasteiger partial charge in [0, 0.05) is 12.6 Å². The van der Waals surface area contributed by atoms with E-state index < -0.39 is 18.0 Å². The molecule has 132 valence electrons. The predicted octanol–water partition coefficient (Wildman–Crippen LogP) is 3.98. The zero-order chi connectivity index (χ0) is 18.4. The fraction of sp³-hybridized carbons (Fsp3) is 0.250. The topological polar surface area (TPSA) is 85.4 Å². The number of carbonyl (C=O) groups is 3. The molecule has 1 amide bonds. The van der Waals surface area contributed by atoms with Crippen LogP contribution >= 0.6 is 34.5 Å². The fourth-order valence-electron chi connectivity index (χ4n) is 1.79. The van der Waals surface area contributed by atoms with Gasteiger partial charge < -0.3 is 10.1 Å². The fourth-order valence-corrected chi connectivity index (χ4v) is 2.91. The van der Waals surface area contributed by atoms with Crippen molar-refractivity contribution in [3.05, 3.63) is 44.7 Å². The molecule has 1 N–H and O–H groups in total. The third-order valence-electron chi connectivity index (χ3n) is 3.06. The lowest BCUT2D eigenvalue weighted by atomic mass is 10.2. The molecule has 2 aromatic heterocycles. The number of rotatable bonds is 7. The van der Waals surface area contributed by atoms with Crippen molar-refractivity contribution in [2.45, 2.75) is 25.9 Å². The Morgan fingerprint density at radius 3 is 2.56 bits per heavy atom. The second kappa shape index (κ2) is 8.94. The zero-order valence-corrected chi connectivity index (χ0v) is 15.5. The molecule has 0 aliphatic carbocycles. The first-order chi connectivity index (χ1) is 11.8. The van der Waals surface area contributed by atoms with Gasteiger partial charge >= 0.3 is 5.97 Å². The van der Waals surface area contributed by atoms with Crippen molar-refractivity contribution < 1.29 is 19.1 Å². The van der Waals surface area contributed by atoms with E-state index in [0.717, 1.165) is 11.3 Å². The molecule has 9 heteroatoms. The van der Waals surface area contributed by atoms with Crippen molar-refractivity contribution in [3.63, 3.8) is 0 Å². The smallest absolute Gasteiger partial charge is 0.307 e. The van der Waals surface area contributed by atoms with Crippen molar-refractivity contribution in [1.29, 1.82) is 0 Å². The molecule has 0 spiro atoms. The lowest BCUT2D eigenvalue weighted by molar-refractivity contribution is -0.153. The van der Waals surface area contributed by atoms with E-state index in [9.17, 15) is 14.4 Å². The molecule has 0 unspecified atom stereocenters. The Morgan fingerprint density at radius 1 is 1.20 bits per heavy atom. The summed E-state index contributed by atoms with van der Waals surface area (Å²) in [4.78, 5) is 40.0. The summed E-state index contributed by atoms with van der Waals surface area (Å²) in [6.45, 7) is 1.43. The summed E-state index contributed by atoms with van der Waals surface area (Å²) >= 11 is 12.6. The number of nitrogens with one attached hydrogen (secondary N) is 1. The second-order valence-corrected chi connectivity index (χ2v) is 7.16. The number of carbonyl (C=O) groups excluding carboxylic acids is 3. The molecule has 2 aromatic rings. The third-order valence-corrected chi connectivity index (χ3v) is 4.56. The number of ether oxygens (including phenoxy) is 1. The number of nitrogens with zero attached hydrogens (tertiary/aromatic N) is 1. The van der Waals surface area contributed by atoms with Gasteiger partial charge in [-0.3, -0.25) is 14.4 Å². The van der Waals surface area contributed by atoms with Crippen LogP contribution in [-0.4, -0.2) is 28.7 Å². The minimum atomic E-state index is -1.02. The Balaban J connectivity index is 1.78. The molecule has 0 aromatic carbocycles. The normalized spacial score (nSPS) is 11.6. The molecule has 1 atom stereocenters. The number of Topliss-reactive ketones (excluding diaryl/α,β-unsaturated/α-hetero) is 1. The van der Waals surface area contributed by atoms with Gasteiger partial charge in [0.1, 0.15) is 5.82 Å². The molecule has 2 heterocycles. The maximum absolute atomic E-state index is 12.0. The van der Waals surface area contributed by atoms with Crippen LogP contribution in [0.25, 0.3) is 0 Å². The largest absolute Gasteiger partial charge is 0.453 e. The summed E-state index contributed by atoms with van der Waals surface area (Å²) in [7, 11) is 0. The van der Waals surface area contributed by atoms with E-state index in [1.54, 1.807) is 18.2 Å². The number of thiophene rings is 1. The number of hydrogen-bond acceptors (Lipinski definition) is 6. The number of halogens is 2. The van der Waals surface area contributed by atoms with E-state index in [-0.39, 0.29) is 18.6 Å². The quantitative estimate of drug-likeness (QED) is 0.560. The highest BCUT2D eigenvalue weighted by Crippen LogP contribution is 2.23. The molecule has 6 nitrogen and oxygen atoms in total. The number of esters is 1. The highest BCUT2D eigenvalue weighted by atomic mass is 35.5. The van der Waals surface area contributed by atoms with Gasteiger partial charge in [0.05, 0.1) is 20.7 Å². The van der Waals surface area contributed by atoms with Gasteiger partial charge in [-0.2, -0.15) is 0 Å². The van der Waals surface area contributed by atoms with Gasteiger partial charge in [-0.25, -0.2) is 4.98 Å². The summed E-state index contributed by atoms with van der Waals surface area (Å²) in [5.74, 6) is -1.07. The lowest BCUT2D eigenvalue weighted by Crippen LogP contribution is -2.30. The van der Waals surface area contributed by atoms with E-state index in [4.69, 9.17) is 27.9 Å². The number of ketones is 1. The minimum absolute atomic E-state index is 0.0112. The lowest BCUT2D eigenvalue weighted by Gasteiger charge is -2.13. The van der Waals surface area contributed by atoms with Gasteiger partial charge in [-0.15, -0.1) is 11.3 Å². The van der Waals surface area contributed by atoms with Crippen LogP contribution in [0.5, 0.6) is 0 Å². The first-order valence-corrected chi connectivity index (χ1v) is 8.83. The summed E-state index contributed by atoms with van der Waals surface area (Å²) in [5, 5.41) is 2.94. The molecule has 0 aliphatic rings. The first-order valence-electron chi connectivity index (χ1n) is 7.25. The Kier molecular flexibility index (Phi) is 6.92. The maximum atomic E-state index is 12.0. The van der Waals surface area contributed by atoms with Gasteiger partial charge in [0.15, 0.2) is 11.9 Å². The van der Waals surface area contributed by atoms with E-state index >= 15 is 0 Å². The predicted molar refractivity (Wildman–Crippen MR) is 96.3 cm³/mol. The number of anilines is 1. The number of aromatic nitrogens is 1. The van der Waals surface area contributed by atoms with Crippen LogP contribution in [0.4, 0.5) is 5.82 Å². The average molecular weight is 401 g/mol. The van der Waals surface area contributed by atoms with Crippen LogP contribution < -0.4 is 5.32 Å². The highest BCUT2D eigenvalue weighted by Gasteiger charge is 2.19. The molecule has 2 rings (SSSR count). The van der Waals surface area contributed by atoms with Crippen LogP contribution in [0.2, 0.25) is 9.36 Å². The summed E-state index contributed by atoms with van der Waals surface area (Å²) in [6.07, 6.45) is 0.237. The molecule has 0 saturated heterocycles. The second-order valence-electron chi connectivity index (χ2n) is 5.01.